The Hall–Kier alpha value is -3.00. The highest BCUT2D eigenvalue weighted by Crippen LogP contribution is 2.26. The summed E-state index contributed by atoms with van der Waals surface area (Å²) in [7, 11) is 1.65. The van der Waals surface area contributed by atoms with Gasteiger partial charge < -0.3 is 20.3 Å². The molecule has 1 aromatic carbocycles. The first kappa shape index (κ1) is 23.7. The van der Waals surface area contributed by atoms with Crippen LogP contribution in [0.25, 0.3) is 0 Å². The second-order valence-corrected chi connectivity index (χ2v) is 8.61. The molecule has 0 spiro atoms. The monoisotopic (exact) mass is 443 g/mol. The maximum absolute atomic E-state index is 13.5. The second kappa shape index (κ2) is 9.65. The van der Waals surface area contributed by atoms with Crippen LogP contribution in [0.15, 0.2) is 18.2 Å². The van der Waals surface area contributed by atoms with Gasteiger partial charge in [0.2, 0.25) is 0 Å². The van der Waals surface area contributed by atoms with Gasteiger partial charge >= 0.3 is 0 Å². The Labute approximate surface area is 187 Å². The number of ketones is 1. The molecule has 1 aromatic heterocycles. The highest BCUT2D eigenvalue weighted by Gasteiger charge is 2.30. The van der Waals surface area contributed by atoms with E-state index in [-0.39, 0.29) is 30.1 Å². The Morgan fingerprint density at radius 2 is 1.78 bits per heavy atom. The molecule has 0 unspecified atom stereocenters. The lowest BCUT2D eigenvalue weighted by molar-refractivity contribution is -0.118. The van der Waals surface area contributed by atoms with E-state index in [4.69, 9.17) is 0 Å². The fraction of sp³-hybridized carbons (Fsp3) is 0.458. The van der Waals surface area contributed by atoms with Gasteiger partial charge in [-0.2, -0.15) is 0 Å². The SMILES string of the molecule is Cc1cc(NC(=O)c2c(C)c(C(=O)C(=O)N[C@H]3CC[C@H](CO)CC3)n(C)c2C)ccc1F. The topological polar surface area (TPSA) is 100 Å². The van der Waals surface area contributed by atoms with Crippen molar-refractivity contribution in [2.45, 2.75) is 52.5 Å². The van der Waals surface area contributed by atoms with Crippen molar-refractivity contribution < 1.29 is 23.9 Å². The average Bonchev–Trinajstić information content (AvgIpc) is 2.99. The summed E-state index contributed by atoms with van der Waals surface area (Å²) in [6.07, 6.45) is 3.07. The Balaban J connectivity index is 1.77. The maximum atomic E-state index is 13.5. The third-order valence-electron chi connectivity index (χ3n) is 6.43. The third kappa shape index (κ3) is 4.75. The summed E-state index contributed by atoms with van der Waals surface area (Å²) < 4.78 is 15.1. The molecule has 1 aliphatic carbocycles. The highest BCUT2D eigenvalue weighted by molar-refractivity contribution is 6.43. The quantitative estimate of drug-likeness (QED) is 0.472. The molecule has 1 aliphatic rings. The molecule has 2 aromatic rings. The van der Waals surface area contributed by atoms with E-state index in [0.717, 1.165) is 25.7 Å². The number of aliphatic hydroxyl groups is 1. The molecule has 3 rings (SSSR count). The van der Waals surface area contributed by atoms with Crippen molar-refractivity contribution in [1.82, 2.24) is 9.88 Å². The fourth-order valence-electron chi connectivity index (χ4n) is 4.40. The van der Waals surface area contributed by atoms with Crippen molar-refractivity contribution in [2.75, 3.05) is 11.9 Å². The van der Waals surface area contributed by atoms with Gasteiger partial charge in [0.25, 0.3) is 17.6 Å². The molecular formula is C24H30FN3O4. The van der Waals surface area contributed by atoms with E-state index in [1.165, 1.54) is 18.2 Å². The zero-order valence-corrected chi connectivity index (χ0v) is 18.9. The maximum Gasteiger partial charge on any atom is 0.294 e. The van der Waals surface area contributed by atoms with Crippen molar-refractivity contribution >= 4 is 23.3 Å². The van der Waals surface area contributed by atoms with Crippen LogP contribution in [0.3, 0.4) is 0 Å². The number of aromatic nitrogens is 1. The molecule has 0 atom stereocenters. The predicted octanol–water partition coefficient (Wildman–Crippen LogP) is 3.19. The number of rotatable bonds is 6. The summed E-state index contributed by atoms with van der Waals surface area (Å²) in [6.45, 7) is 5.10. The van der Waals surface area contributed by atoms with Crippen LogP contribution in [0.2, 0.25) is 0 Å². The molecule has 1 heterocycles. The molecule has 2 amide bonds. The summed E-state index contributed by atoms with van der Waals surface area (Å²) in [4.78, 5) is 38.6. The first-order valence-corrected chi connectivity index (χ1v) is 10.8. The number of amides is 2. The minimum atomic E-state index is -0.692. The lowest BCUT2D eigenvalue weighted by Gasteiger charge is -2.27. The van der Waals surface area contributed by atoms with Gasteiger partial charge in [-0.1, -0.05) is 0 Å². The largest absolute Gasteiger partial charge is 0.396 e. The average molecular weight is 444 g/mol. The van der Waals surface area contributed by atoms with E-state index < -0.39 is 17.6 Å². The van der Waals surface area contributed by atoms with Gasteiger partial charge in [0.05, 0.1) is 11.3 Å². The van der Waals surface area contributed by atoms with Crippen molar-refractivity contribution in [3.63, 3.8) is 0 Å². The first-order valence-electron chi connectivity index (χ1n) is 10.8. The first-order chi connectivity index (χ1) is 15.1. The van der Waals surface area contributed by atoms with Gasteiger partial charge in [-0.15, -0.1) is 0 Å². The number of hydrogen-bond donors (Lipinski definition) is 3. The van der Waals surface area contributed by atoms with Gasteiger partial charge in [-0.3, -0.25) is 14.4 Å². The van der Waals surface area contributed by atoms with Crippen LogP contribution in [-0.2, 0) is 11.8 Å². The van der Waals surface area contributed by atoms with Crippen molar-refractivity contribution in [3.8, 4) is 0 Å². The molecule has 3 N–H and O–H groups in total. The van der Waals surface area contributed by atoms with E-state index in [0.29, 0.717) is 28.1 Å². The van der Waals surface area contributed by atoms with Crippen LogP contribution in [0.5, 0.6) is 0 Å². The van der Waals surface area contributed by atoms with Crippen LogP contribution in [0.4, 0.5) is 10.1 Å². The number of aliphatic hydroxyl groups excluding tert-OH is 1. The molecule has 0 aliphatic heterocycles. The molecule has 0 bridgehead atoms. The number of benzene rings is 1. The Kier molecular flexibility index (Phi) is 7.13. The lowest BCUT2D eigenvalue weighted by Crippen LogP contribution is -2.42. The molecule has 0 saturated heterocycles. The van der Waals surface area contributed by atoms with Gasteiger partial charge in [-0.25, -0.2) is 4.39 Å². The number of aryl methyl sites for hydroxylation is 1. The van der Waals surface area contributed by atoms with Crippen LogP contribution in [-0.4, -0.2) is 39.9 Å². The summed E-state index contributed by atoms with van der Waals surface area (Å²) >= 11 is 0. The molecule has 172 valence electrons. The normalized spacial score (nSPS) is 18.3. The molecular weight excluding hydrogens is 413 g/mol. The highest BCUT2D eigenvalue weighted by atomic mass is 19.1. The Morgan fingerprint density at radius 1 is 1.12 bits per heavy atom. The molecule has 7 nitrogen and oxygen atoms in total. The number of Topliss-reactive ketones (excluding diaryl/α,β-unsaturated/α-hetero) is 1. The van der Waals surface area contributed by atoms with Crippen LogP contribution < -0.4 is 10.6 Å². The van der Waals surface area contributed by atoms with Crippen molar-refractivity contribution in [2.24, 2.45) is 13.0 Å². The third-order valence-corrected chi connectivity index (χ3v) is 6.43. The van der Waals surface area contributed by atoms with E-state index in [1.807, 2.05) is 0 Å². The molecule has 0 radical (unpaired) electrons. The van der Waals surface area contributed by atoms with E-state index in [1.54, 1.807) is 32.4 Å². The van der Waals surface area contributed by atoms with E-state index >= 15 is 0 Å². The van der Waals surface area contributed by atoms with Crippen molar-refractivity contribution in [1.29, 1.82) is 0 Å². The number of carbonyl (C=O) groups excluding carboxylic acids is 3. The second-order valence-electron chi connectivity index (χ2n) is 8.61. The fourth-order valence-corrected chi connectivity index (χ4v) is 4.40. The van der Waals surface area contributed by atoms with Crippen LogP contribution in [0.1, 0.15) is 63.4 Å². The predicted molar refractivity (Wildman–Crippen MR) is 119 cm³/mol. The molecule has 32 heavy (non-hydrogen) atoms. The standard InChI is InChI=1S/C24H30FN3O4/c1-13-11-18(9-10-19(13)25)27-23(31)20-14(2)21(28(4)15(20)3)22(30)24(32)26-17-7-5-16(12-29)6-8-17/h9-11,16-17,29H,5-8,12H2,1-4H3,(H,26,32)(H,27,31)/t16-,17-. The number of anilines is 1. The summed E-state index contributed by atoms with van der Waals surface area (Å²) in [6, 6.07) is 4.19. The van der Waals surface area contributed by atoms with Gasteiger partial charge in [0.15, 0.2) is 0 Å². The van der Waals surface area contributed by atoms with Gasteiger partial charge in [0, 0.05) is 31.1 Å². The smallest absolute Gasteiger partial charge is 0.294 e. The number of nitrogens with one attached hydrogen (secondary N) is 2. The van der Waals surface area contributed by atoms with Crippen LogP contribution in [0, 0.1) is 32.5 Å². The summed E-state index contributed by atoms with van der Waals surface area (Å²) in [5.41, 5.74) is 2.31. The van der Waals surface area contributed by atoms with Crippen LogP contribution >= 0.6 is 0 Å². The van der Waals surface area contributed by atoms with Gasteiger partial charge in [0.1, 0.15) is 5.82 Å². The number of halogens is 1. The minimum Gasteiger partial charge on any atom is -0.396 e. The van der Waals surface area contributed by atoms with E-state index in [2.05, 4.69) is 10.6 Å². The number of hydrogen-bond acceptors (Lipinski definition) is 4. The molecule has 1 saturated carbocycles. The minimum absolute atomic E-state index is 0.0968. The molecule has 1 fully saturated rings. The Bertz CT molecular complexity index is 1050. The number of nitrogens with zero attached hydrogens (tertiary/aromatic N) is 1. The lowest BCUT2D eigenvalue weighted by atomic mass is 9.86. The number of carbonyl (C=O) groups is 3. The van der Waals surface area contributed by atoms with Gasteiger partial charge in [-0.05, 0) is 81.7 Å². The Morgan fingerprint density at radius 3 is 2.38 bits per heavy atom. The zero-order valence-electron chi connectivity index (χ0n) is 18.9. The molecule has 8 heteroatoms. The summed E-state index contributed by atoms with van der Waals surface area (Å²) in [5.74, 6) is -1.92. The van der Waals surface area contributed by atoms with E-state index in [9.17, 15) is 23.9 Å². The van der Waals surface area contributed by atoms with Crippen molar-refractivity contribution in [3.05, 3.63) is 52.1 Å². The summed E-state index contributed by atoms with van der Waals surface area (Å²) in [5, 5.41) is 14.8. The zero-order chi connectivity index (χ0) is 23.6.